The van der Waals surface area contributed by atoms with Gasteiger partial charge in [0.15, 0.2) is 0 Å². The lowest BCUT2D eigenvalue weighted by Gasteiger charge is -2.17. The molecule has 1 saturated carbocycles. The third-order valence-corrected chi connectivity index (χ3v) is 6.20. The SMILES string of the molecule is C[C@@H](NC(=O)C1CCC(NC(=O)OCC2c3ccccc3-c3ccccc32)C1)C(=O)O. The van der Waals surface area contributed by atoms with Gasteiger partial charge in [-0.3, -0.25) is 9.59 Å². The number of hydrogen-bond donors (Lipinski definition) is 3. The maximum absolute atomic E-state index is 12.4. The number of rotatable bonds is 6. The minimum absolute atomic E-state index is 0.00207. The van der Waals surface area contributed by atoms with E-state index in [0.717, 1.165) is 11.1 Å². The molecule has 2 amide bonds. The van der Waals surface area contributed by atoms with Crippen molar-refractivity contribution in [3.63, 3.8) is 0 Å². The Morgan fingerprint density at radius 1 is 1.03 bits per heavy atom. The Morgan fingerprint density at radius 3 is 2.26 bits per heavy atom. The standard InChI is InChI=1S/C24H26N2O5/c1-14(23(28)29)25-22(27)15-10-11-16(12-15)26-24(30)31-13-21-19-8-4-2-6-17(19)18-7-3-5-9-20(18)21/h2-9,14-16,21H,10-13H2,1H3,(H,25,27)(H,26,30)(H,28,29)/t14-,15?,16?/m1/s1. The number of carbonyl (C=O) groups excluding carboxylic acids is 2. The number of ether oxygens (including phenoxy) is 1. The molecule has 0 spiro atoms. The molecule has 2 aliphatic carbocycles. The van der Waals surface area contributed by atoms with E-state index in [0.29, 0.717) is 19.3 Å². The van der Waals surface area contributed by atoms with Crippen LogP contribution in [0.2, 0.25) is 0 Å². The van der Waals surface area contributed by atoms with Crippen LogP contribution in [-0.4, -0.2) is 41.8 Å². The lowest BCUT2D eigenvalue weighted by atomic mass is 9.98. The fraction of sp³-hybridized carbons (Fsp3) is 0.375. The predicted octanol–water partition coefficient (Wildman–Crippen LogP) is 3.28. The summed E-state index contributed by atoms with van der Waals surface area (Å²) in [7, 11) is 0. The second kappa shape index (κ2) is 8.79. The summed E-state index contributed by atoms with van der Waals surface area (Å²) < 4.78 is 5.57. The van der Waals surface area contributed by atoms with Gasteiger partial charge in [-0.2, -0.15) is 0 Å². The number of carboxylic acids is 1. The number of amides is 2. The molecule has 2 aromatic rings. The van der Waals surface area contributed by atoms with Gasteiger partial charge in [0.05, 0.1) is 0 Å². The average Bonchev–Trinajstić information content (AvgIpc) is 3.35. The maximum Gasteiger partial charge on any atom is 0.407 e. The number of carboxylic acid groups (broad SMARTS) is 1. The van der Waals surface area contributed by atoms with Crippen LogP contribution in [0.4, 0.5) is 4.79 Å². The molecule has 1 fully saturated rings. The van der Waals surface area contributed by atoms with E-state index in [1.54, 1.807) is 0 Å². The smallest absolute Gasteiger partial charge is 0.407 e. The summed E-state index contributed by atoms with van der Waals surface area (Å²) in [6.45, 7) is 1.67. The molecule has 0 aromatic heterocycles. The Bertz CT molecular complexity index is 959. The van der Waals surface area contributed by atoms with Crippen LogP contribution in [-0.2, 0) is 14.3 Å². The molecule has 3 N–H and O–H groups in total. The van der Waals surface area contributed by atoms with Crippen LogP contribution < -0.4 is 10.6 Å². The van der Waals surface area contributed by atoms with Crippen molar-refractivity contribution < 1.29 is 24.2 Å². The van der Waals surface area contributed by atoms with E-state index in [4.69, 9.17) is 9.84 Å². The van der Waals surface area contributed by atoms with Crippen LogP contribution in [0.25, 0.3) is 11.1 Å². The molecule has 3 atom stereocenters. The van der Waals surface area contributed by atoms with E-state index in [9.17, 15) is 14.4 Å². The van der Waals surface area contributed by atoms with Gasteiger partial charge in [0.25, 0.3) is 0 Å². The van der Waals surface area contributed by atoms with Crippen molar-refractivity contribution in [1.82, 2.24) is 10.6 Å². The molecule has 2 unspecified atom stereocenters. The highest BCUT2D eigenvalue weighted by Gasteiger charge is 2.33. The van der Waals surface area contributed by atoms with E-state index >= 15 is 0 Å². The van der Waals surface area contributed by atoms with Gasteiger partial charge in [-0.1, -0.05) is 48.5 Å². The third-order valence-electron chi connectivity index (χ3n) is 6.20. The van der Waals surface area contributed by atoms with Gasteiger partial charge in [-0.25, -0.2) is 4.79 Å². The molecule has 2 aromatic carbocycles. The van der Waals surface area contributed by atoms with Crippen molar-refractivity contribution in [1.29, 1.82) is 0 Å². The topological polar surface area (TPSA) is 105 Å². The zero-order valence-electron chi connectivity index (χ0n) is 17.3. The molecular weight excluding hydrogens is 396 g/mol. The van der Waals surface area contributed by atoms with Crippen molar-refractivity contribution in [3.05, 3.63) is 59.7 Å². The molecule has 0 bridgehead atoms. The van der Waals surface area contributed by atoms with E-state index in [1.807, 2.05) is 24.3 Å². The molecule has 4 rings (SSSR count). The number of benzene rings is 2. The number of fused-ring (bicyclic) bond motifs is 3. The number of aliphatic carboxylic acids is 1. The zero-order chi connectivity index (χ0) is 22.0. The fourth-order valence-electron chi connectivity index (χ4n) is 4.55. The Morgan fingerprint density at radius 2 is 1.65 bits per heavy atom. The molecule has 0 aliphatic heterocycles. The molecule has 0 radical (unpaired) electrons. The minimum atomic E-state index is -1.07. The maximum atomic E-state index is 12.4. The van der Waals surface area contributed by atoms with Crippen molar-refractivity contribution in [3.8, 4) is 11.1 Å². The average molecular weight is 422 g/mol. The van der Waals surface area contributed by atoms with Crippen molar-refractivity contribution in [2.24, 2.45) is 5.92 Å². The highest BCUT2D eigenvalue weighted by Crippen LogP contribution is 2.44. The fourth-order valence-corrected chi connectivity index (χ4v) is 4.55. The molecule has 0 heterocycles. The number of alkyl carbamates (subject to hydrolysis) is 1. The van der Waals surface area contributed by atoms with E-state index in [2.05, 4.69) is 34.9 Å². The third kappa shape index (κ3) is 4.40. The monoisotopic (exact) mass is 422 g/mol. The lowest BCUT2D eigenvalue weighted by molar-refractivity contribution is -0.141. The first-order valence-corrected chi connectivity index (χ1v) is 10.6. The van der Waals surface area contributed by atoms with Crippen LogP contribution in [0.5, 0.6) is 0 Å². The Balaban J connectivity index is 1.31. The highest BCUT2D eigenvalue weighted by molar-refractivity contribution is 5.85. The molecule has 7 nitrogen and oxygen atoms in total. The predicted molar refractivity (Wildman–Crippen MR) is 115 cm³/mol. The zero-order valence-corrected chi connectivity index (χ0v) is 17.3. The quantitative estimate of drug-likeness (QED) is 0.663. The summed E-state index contributed by atoms with van der Waals surface area (Å²) >= 11 is 0. The van der Waals surface area contributed by atoms with Crippen LogP contribution in [0.3, 0.4) is 0 Å². The summed E-state index contributed by atoms with van der Waals surface area (Å²) in [4.78, 5) is 35.5. The van der Waals surface area contributed by atoms with Gasteiger partial charge < -0.3 is 20.5 Å². The Kier molecular flexibility index (Phi) is 5.93. The molecular formula is C24H26N2O5. The molecule has 162 valence electrons. The number of hydrogen-bond acceptors (Lipinski definition) is 4. The van der Waals surface area contributed by atoms with Gasteiger partial charge in [-0.05, 0) is 48.4 Å². The second-order valence-electron chi connectivity index (χ2n) is 8.25. The van der Waals surface area contributed by atoms with E-state index in [1.165, 1.54) is 18.1 Å². The van der Waals surface area contributed by atoms with Crippen LogP contribution in [0.1, 0.15) is 43.2 Å². The van der Waals surface area contributed by atoms with Gasteiger partial charge in [-0.15, -0.1) is 0 Å². The number of carbonyl (C=O) groups is 3. The highest BCUT2D eigenvalue weighted by atomic mass is 16.5. The second-order valence-corrected chi connectivity index (χ2v) is 8.25. The van der Waals surface area contributed by atoms with E-state index < -0.39 is 18.1 Å². The normalized spacial score (nSPS) is 20.4. The summed E-state index contributed by atoms with van der Waals surface area (Å²) in [5, 5.41) is 14.3. The van der Waals surface area contributed by atoms with Crippen molar-refractivity contribution >= 4 is 18.0 Å². The van der Waals surface area contributed by atoms with Gasteiger partial charge in [0, 0.05) is 17.9 Å². The van der Waals surface area contributed by atoms with E-state index in [-0.39, 0.29) is 30.4 Å². The molecule has 31 heavy (non-hydrogen) atoms. The summed E-state index contributed by atoms with van der Waals surface area (Å²) in [6, 6.07) is 15.2. The molecule has 2 aliphatic rings. The first kappa shape index (κ1) is 20.9. The van der Waals surface area contributed by atoms with Crippen molar-refractivity contribution in [2.45, 2.75) is 44.2 Å². The van der Waals surface area contributed by atoms with Crippen molar-refractivity contribution in [2.75, 3.05) is 6.61 Å². The first-order valence-electron chi connectivity index (χ1n) is 10.6. The largest absolute Gasteiger partial charge is 0.480 e. The Hall–Kier alpha value is -3.35. The molecule has 7 heteroatoms. The molecule has 0 saturated heterocycles. The summed E-state index contributed by atoms with van der Waals surface area (Å²) in [5.74, 6) is -1.66. The summed E-state index contributed by atoms with van der Waals surface area (Å²) in [5.41, 5.74) is 4.66. The van der Waals surface area contributed by atoms with Crippen LogP contribution in [0.15, 0.2) is 48.5 Å². The lowest BCUT2D eigenvalue weighted by Crippen LogP contribution is -2.41. The Labute approximate surface area is 180 Å². The van der Waals surface area contributed by atoms with Crippen LogP contribution >= 0.6 is 0 Å². The summed E-state index contributed by atoms with van der Waals surface area (Å²) in [6.07, 6.45) is 1.24. The van der Waals surface area contributed by atoms with Crippen LogP contribution in [0, 0.1) is 5.92 Å². The first-order chi connectivity index (χ1) is 14.9. The number of nitrogens with one attached hydrogen (secondary N) is 2. The van der Waals surface area contributed by atoms with Gasteiger partial charge >= 0.3 is 12.1 Å². The minimum Gasteiger partial charge on any atom is -0.480 e. The van der Waals surface area contributed by atoms with Gasteiger partial charge in [0.1, 0.15) is 12.6 Å². The van der Waals surface area contributed by atoms with Gasteiger partial charge in [0.2, 0.25) is 5.91 Å².